The van der Waals surface area contributed by atoms with Gasteiger partial charge in [-0.2, -0.15) is 0 Å². The van der Waals surface area contributed by atoms with E-state index in [0.717, 1.165) is 33.3 Å². The number of H-pyrrole nitrogens is 1. The van der Waals surface area contributed by atoms with Gasteiger partial charge in [-0.15, -0.1) is 0 Å². The van der Waals surface area contributed by atoms with Crippen molar-refractivity contribution in [3.8, 4) is 0 Å². The first-order chi connectivity index (χ1) is 17.0. The molecule has 176 valence electrons. The molecule has 1 aromatic heterocycles. The molecule has 1 unspecified atom stereocenters. The molecule has 1 aliphatic rings. The lowest BCUT2D eigenvalue weighted by atomic mass is 9.95. The summed E-state index contributed by atoms with van der Waals surface area (Å²) in [5.41, 5.74) is 10.4. The number of carbonyl (C=O) groups is 3. The molecule has 7 heteroatoms. The van der Waals surface area contributed by atoms with Gasteiger partial charge in [-0.1, -0.05) is 66.7 Å². The summed E-state index contributed by atoms with van der Waals surface area (Å²) in [7, 11) is 0. The lowest BCUT2D eigenvalue weighted by Gasteiger charge is -2.26. The highest BCUT2D eigenvalue weighted by Crippen LogP contribution is 2.42. The van der Waals surface area contributed by atoms with Gasteiger partial charge in [-0.3, -0.25) is 25.2 Å². The zero-order valence-electron chi connectivity index (χ0n) is 19.4. The van der Waals surface area contributed by atoms with Crippen LogP contribution in [0.3, 0.4) is 0 Å². The number of aromatic amines is 1. The van der Waals surface area contributed by atoms with E-state index >= 15 is 0 Å². The van der Waals surface area contributed by atoms with Crippen LogP contribution in [0.15, 0.2) is 78.9 Å². The minimum absolute atomic E-state index is 0.0588. The number of aryl methyl sites for hydroxylation is 1. The molecule has 0 radical (unpaired) electrons. The molecule has 5 rings (SSSR count). The number of rotatable bonds is 6. The number of benzene rings is 3. The van der Waals surface area contributed by atoms with Crippen molar-refractivity contribution in [2.24, 2.45) is 0 Å². The predicted octanol–water partition coefficient (Wildman–Crippen LogP) is 3.80. The van der Waals surface area contributed by atoms with Crippen molar-refractivity contribution >= 4 is 28.6 Å². The van der Waals surface area contributed by atoms with E-state index in [4.69, 9.17) is 0 Å². The highest BCUT2D eigenvalue weighted by Gasteiger charge is 2.39. The van der Waals surface area contributed by atoms with E-state index in [9.17, 15) is 14.4 Å². The van der Waals surface area contributed by atoms with Crippen molar-refractivity contribution in [2.75, 3.05) is 6.54 Å². The summed E-state index contributed by atoms with van der Waals surface area (Å²) in [6.07, 6.45) is 0.228. The number of amides is 3. The van der Waals surface area contributed by atoms with Gasteiger partial charge in [0.25, 0.3) is 5.91 Å². The topological polar surface area (TPSA) is 94.3 Å². The molecule has 35 heavy (non-hydrogen) atoms. The largest absolute Gasteiger partial charge is 0.358 e. The van der Waals surface area contributed by atoms with Crippen molar-refractivity contribution in [3.63, 3.8) is 0 Å². The van der Waals surface area contributed by atoms with Crippen LogP contribution in [-0.4, -0.2) is 34.2 Å². The Morgan fingerprint density at radius 2 is 1.57 bits per heavy atom. The number of hydrogen-bond donors (Lipinski definition) is 3. The van der Waals surface area contributed by atoms with Crippen LogP contribution < -0.4 is 10.9 Å². The number of carbonyl (C=O) groups excluding carboxylic acids is 3. The van der Waals surface area contributed by atoms with Crippen LogP contribution in [0, 0.1) is 6.92 Å². The lowest BCUT2D eigenvalue weighted by molar-refractivity contribution is -0.128. The summed E-state index contributed by atoms with van der Waals surface area (Å²) in [4.78, 5) is 43.2. The molecule has 0 fully saturated rings. The van der Waals surface area contributed by atoms with E-state index in [-0.39, 0.29) is 43.1 Å². The first-order valence-corrected chi connectivity index (χ1v) is 11.6. The van der Waals surface area contributed by atoms with Gasteiger partial charge < -0.3 is 9.88 Å². The predicted molar refractivity (Wildman–Crippen MR) is 133 cm³/mol. The Labute approximate surface area is 203 Å². The molecular weight excluding hydrogens is 440 g/mol. The summed E-state index contributed by atoms with van der Waals surface area (Å²) in [5.74, 6) is -0.762. The number of para-hydroxylation sites is 1. The highest BCUT2D eigenvalue weighted by atomic mass is 16.2. The van der Waals surface area contributed by atoms with Gasteiger partial charge in [-0.25, -0.2) is 0 Å². The van der Waals surface area contributed by atoms with E-state index in [0.29, 0.717) is 5.56 Å². The Morgan fingerprint density at radius 1 is 0.886 bits per heavy atom. The number of aromatic nitrogens is 1. The molecule has 0 saturated heterocycles. The smallest absolute Gasteiger partial charge is 0.255 e. The van der Waals surface area contributed by atoms with Crippen LogP contribution in [-0.2, 0) is 16.0 Å². The van der Waals surface area contributed by atoms with Crippen molar-refractivity contribution < 1.29 is 14.4 Å². The second-order valence-electron chi connectivity index (χ2n) is 8.71. The Balaban J connectivity index is 1.31. The van der Waals surface area contributed by atoms with Gasteiger partial charge in [-0.05, 0) is 30.2 Å². The monoisotopic (exact) mass is 466 g/mol. The molecule has 3 amide bonds. The zero-order valence-corrected chi connectivity index (χ0v) is 19.4. The number of hydrogen-bond acceptors (Lipinski definition) is 3. The second kappa shape index (κ2) is 9.46. The SMILES string of the molecule is Cc1[nH]c2ccccc2c1C1c2ccccc2C(=O)N1CCC(=O)NNC(=O)Cc1ccccc1. The molecule has 1 aliphatic heterocycles. The normalized spacial score (nSPS) is 14.7. The molecule has 7 nitrogen and oxygen atoms in total. The summed E-state index contributed by atoms with van der Waals surface area (Å²) < 4.78 is 0. The Kier molecular flexibility index (Phi) is 6.06. The average Bonchev–Trinajstić information content (AvgIpc) is 3.34. The maximum absolute atomic E-state index is 13.3. The molecule has 3 N–H and O–H groups in total. The third kappa shape index (κ3) is 4.40. The minimum atomic E-state index is -0.357. The van der Waals surface area contributed by atoms with Crippen molar-refractivity contribution in [1.82, 2.24) is 20.7 Å². The van der Waals surface area contributed by atoms with E-state index in [2.05, 4.69) is 15.8 Å². The van der Waals surface area contributed by atoms with Crippen LogP contribution in [0.4, 0.5) is 0 Å². The fourth-order valence-electron chi connectivity index (χ4n) is 4.81. The molecule has 0 aliphatic carbocycles. The zero-order chi connectivity index (χ0) is 24.4. The maximum Gasteiger partial charge on any atom is 0.255 e. The molecule has 0 spiro atoms. The summed E-state index contributed by atoms with van der Waals surface area (Å²) >= 11 is 0. The lowest BCUT2D eigenvalue weighted by Crippen LogP contribution is -2.43. The van der Waals surface area contributed by atoms with E-state index in [1.54, 1.807) is 4.90 Å². The van der Waals surface area contributed by atoms with Gasteiger partial charge in [0.05, 0.1) is 12.5 Å². The number of nitrogens with zero attached hydrogens (tertiary/aromatic N) is 1. The first-order valence-electron chi connectivity index (χ1n) is 11.6. The third-order valence-electron chi connectivity index (χ3n) is 6.40. The molecule has 3 aromatic carbocycles. The van der Waals surface area contributed by atoms with E-state index in [1.807, 2.05) is 85.8 Å². The first kappa shape index (κ1) is 22.4. The summed E-state index contributed by atoms with van der Waals surface area (Å²) in [6.45, 7) is 2.23. The number of fused-ring (bicyclic) bond motifs is 2. The number of nitrogens with one attached hydrogen (secondary N) is 3. The van der Waals surface area contributed by atoms with Crippen molar-refractivity contribution in [2.45, 2.75) is 25.8 Å². The average molecular weight is 467 g/mol. The standard InChI is InChI=1S/C28H26N4O3/c1-18-26(22-13-7-8-14-23(22)29-18)27-20-11-5-6-12-21(20)28(35)32(27)16-15-24(33)30-31-25(34)17-19-9-3-2-4-10-19/h2-14,27,29H,15-17H2,1H3,(H,30,33)(H,31,34). The van der Waals surface area contributed by atoms with Gasteiger partial charge in [0.15, 0.2) is 0 Å². The van der Waals surface area contributed by atoms with Crippen LogP contribution in [0.5, 0.6) is 0 Å². The van der Waals surface area contributed by atoms with Crippen molar-refractivity contribution in [3.05, 3.63) is 107 Å². The van der Waals surface area contributed by atoms with Gasteiger partial charge in [0.2, 0.25) is 11.8 Å². The highest BCUT2D eigenvalue weighted by molar-refractivity contribution is 6.01. The fourth-order valence-corrected chi connectivity index (χ4v) is 4.81. The van der Waals surface area contributed by atoms with Gasteiger partial charge >= 0.3 is 0 Å². The second-order valence-corrected chi connectivity index (χ2v) is 8.71. The molecule has 0 saturated carbocycles. The van der Waals surface area contributed by atoms with Gasteiger partial charge in [0, 0.05) is 40.7 Å². The van der Waals surface area contributed by atoms with E-state index in [1.165, 1.54) is 0 Å². The van der Waals surface area contributed by atoms with Crippen molar-refractivity contribution in [1.29, 1.82) is 0 Å². The van der Waals surface area contributed by atoms with E-state index < -0.39 is 0 Å². The molecule has 0 bridgehead atoms. The summed E-state index contributed by atoms with van der Waals surface area (Å²) in [6, 6.07) is 24.6. The Hall–Kier alpha value is -4.39. The number of hydrazine groups is 1. The van der Waals surface area contributed by atoms with Crippen LogP contribution in [0.2, 0.25) is 0 Å². The van der Waals surface area contributed by atoms with Crippen LogP contribution in [0.25, 0.3) is 10.9 Å². The molecule has 1 atom stereocenters. The fraction of sp³-hybridized carbons (Fsp3) is 0.179. The molecule has 2 heterocycles. The van der Waals surface area contributed by atoms with Crippen LogP contribution >= 0.6 is 0 Å². The maximum atomic E-state index is 13.3. The third-order valence-corrected chi connectivity index (χ3v) is 6.40. The molecule has 4 aromatic rings. The summed E-state index contributed by atoms with van der Waals surface area (Å²) in [5, 5.41) is 1.06. The van der Waals surface area contributed by atoms with Crippen LogP contribution in [0.1, 0.15) is 45.2 Å². The Morgan fingerprint density at radius 3 is 2.40 bits per heavy atom. The quantitative estimate of drug-likeness (QED) is 0.377. The van der Waals surface area contributed by atoms with Gasteiger partial charge in [0.1, 0.15) is 0 Å². The minimum Gasteiger partial charge on any atom is -0.358 e. The molecular formula is C28H26N4O3. The Bertz CT molecular complexity index is 1410.